The Labute approximate surface area is 154 Å². The van der Waals surface area contributed by atoms with E-state index in [1.807, 2.05) is 38.1 Å². The van der Waals surface area contributed by atoms with E-state index in [0.29, 0.717) is 6.54 Å². The van der Waals surface area contributed by atoms with Gasteiger partial charge in [0.05, 0.1) is 13.1 Å². The summed E-state index contributed by atoms with van der Waals surface area (Å²) in [4.78, 5) is 26.4. The zero-order chi connectivity index (χ0) is 18.5. The Hall–Kier alpha value is -2.66. The van der Waals surface area contributed by atoms with Crippen molar-refractivity contribution < 1.29 is 9.59 Å². The van der Waals surface area contributed by atoms with Crippen LogP contribution in [0.5, 0.6) is 0 Å². The number of nitrogens with one attached hydrogen (secondary N) is 2. The average molecular weight is 351 g/mol. The smallest absolute Gasteiger partial charge is 0.243 e. The second kappa shape index (κ2) is 8.15. The maximum atomic E-state index is 12.2. The number of benzene rings is 2. The summed E-state index contributed by atoms with van der Waals surface area (Å²) in [6.45, 7) is 5.90. The molecule has 1 aliphatic heterocycles. The van der Waals surface area contributed by atoms with Gasteiger partial charge >= 0.3 is 0 Å². The first-order chi connectivity index (χ1) is 12.5. The number of anilines is 1. The Bertz CT molecular complexity index is 817. The van der Waals surface area contributed by atoms with Crippen molar-refractivity contribution in [3.8, 4) is 0 Å². The minimum Gasteiger partial charge on any atom is -0.346 e. The van der Waals surface area contributed by atoms with E-state index >= 15 is 0 Å². The second-order valence-corrected chi connectivity index (χ2v) is 6.80. The fourth-order valence-electron chi connectivity index (χ4n) is 3.21. The molecule has 2 amide bonds. The largest absolute Gasteiger partial charge is 0.346 e. The predicted octanol–water partition coefficient (Wildman–Crippen LogP) is 2.42. The Morgan fingerprint density at radius 2 is 1.77 bits per heavy atom. The number of rotatable bonds is 5. The molecule has 0 saturated heterocycles. The maximum Gasteiger partial charge on any atom is 0.243 e. The predicted molar refractivity (Wildman–Crippen MR) is 103 cm³/mol. The Morgan fingerprint density at radius 1 is 1.00 bits per heavy atom. The molecule has 2 aromatic rings. The van der Waals surface area contributed by atoms with Gasteiger partial charge in [0, 0.05) is 18.8 Å². The van der Waals surface area contributed by atoms with Gasteiger partial charge in [0.15, 0.2) is 0 Å². The van der Waals surface area contributed by atoms with Gasteiger partial charge < -0.3 is 10.6 Å². The third-order valence-electron chi connectivity index (χ3n) is 4.90. The standard InChI is InChI=1S/C21H25N3O2/c1-15-6-5-9-19(16(15)2)23-20(25)12-22-21(26)14-24-11-10-17-7-3-4-8-18(17)13-24/h3-9H,10-14H2,1-2H3,(H,22,26)(H,23,25). The summed E-state index contributed by atoms with van der Waals surface area (Å²) in [5, 5.41) is 5.57. The summed E-state index contributed by atoms with van der Waals surface area (Å²) >= 11 is 0. The van der Waals surface area contributed by atoms with Gasteiger partial charge in [-0.1, -0.05) is 36.4 Å². The number of hydrogen-bond donors (Lipinski definition) is 2. The molecule has 1 heterocycles. The maximum absolute atomic E-state index is 12.2. The van der Waals surface area contributed by atoms with E-state index < -0.39 is 0 Å². The Kier molecular flexibility index (Phi) is 5.68. The molecule has 2 aromatic carbocycles. The molecule has 2 N–H and O–H groups in total. The molecule has 0 aromatic heterocycles. The van der Waals surface area contributed by atoms with Gasteiger partial charge in [0.2, 0.25) is 11.8 Å². The summed E-state index contributed by atoms with van der Waals surface area (Å²) < 4.78 is 0. The molecule has 26 heavy (non-hydrogen) atoms. The minimum atomic E-state index is -0.212. The third-order valence-corrected chi connectivity index (χ3v) is 4.90. The first-order valence-electron chi connectivity index (χ1n) is 8.95. The van der Waals surface area contributed by atoms with Crippen LogP contribution in [0.3, 0.4) is 0 Å². The molecule has 0 atom stereocenters. The van der Waals surface area contributed by atoms with Crippen molar-refractivity contribution in [3.63, 3.8) is 0 Å². The highest BCUT2D eigenvalue weighted by atomic mass is 16.2. The van der Waals surface area contributed by atoms with Crippen LogP contribution >= 0.6 is 0 Å². The van der Waals surface area contributed by atoms with Crippen LogP contribution < -0.4 is 10.6 Å². The van der Waals surface area contributed by atoms with Gasteiger partial charge in [-0.3, -0.25) is 14.5 Å². The molecule has 5 nitrogen and oxygen atoms in total. The van der Waals surface area contributed by atoms with Gasteiger partial charge in [-0.15, -0.1) is 0 Å². The van der Waals surface area contributed by atoms with Gasteiger partial charge in [0.25, 0.3) is 0 Å². The number of aryl methyl sites for hydroxylation is 1. The van der Waals surface area contributed by atoms with Crippen molar-refractivity contribution in [1.29, 1.82) is 0 Å². The van der Waals surface area contributed by atoms with Crippen molar-refractivity contribution in [2.75, 3.05) is 25.0 Å². The van der Waals surface area contributed by atoms with Crippen LogP contribution in [0.15, 0.2) is 42.5 Å². The van der Waals surface area contributed by atoms with Gasteiger partial charge in [-0.05, 0) is 48.6 Å². The molecule has 0 radical (unpaired) electrons. The molecule has 0 saturated carbocycles. The molecule has 0 bridgehead atoms. The summed E-state index contributed by atoms with van der Waals surface area (Å²) in [5.41, 5.74) is 5.59. The molecule has 3 rings (SSSR count). The molecule has 0 unspecified atom stereocenters. The zero-order valence-electron chi connectivity index (χ0n) is 15.3. The zero-order valence-corrected chi connectivity index (χ0v) is 15.3. The van der Waals surface area contributed by atoms with E-state index in [1.165, 1.54) is 11.1 Å². The van der Waals surface area contributed by atoms with E-state index in [2.05, 4.69) is 33.7 Å². The number of carbonyl (C=O) groups is 2. The number of nitrogens with zero attached hydrogens (tertiary/aromatic N) is 1. The fourth-order valence-corrected chi connectivity index (χ4v) is 3.21. The third kappa shape index (κ3) is 4.49. The number of hydrogen-bond acceptors (Lipinski definition) is 3. The van der Waals surface area contributed by atoms with Crippen LogP contribution in [0.25, 0.3) is 0 Å². The molecule has 1 aliphatic rings. The van der Waals surface area contributed by atoms with Crippen molar-refractivity contribution in [2.24, 2.45) is 0 Å². The number of fused-ring (bicyclic) bond motifs is 1. The summed E-state index contributed by atoms with van der Waals surface area (Å²) in [6, 6.07) is 14.1. The molecule has 0 fully saturated rings. The lowest BCUT2D eigenvalue weighted by molar-refractivity contribution is -0.125. The van der Waals surface area contributed by atoms with Crippen molar-refractivity contribution >= 4 is 17.5 Å². The first kappa shape index (κ1) is 18.1. The molecule has 5 heteroatoms. The highest BCUT2D eigenvalue weighted by Crippen LogP contribution is 2.18. The first-order valence-corrected chi connectivity index (χ1v) is 8.95. The van der Waals surface area contributed by atoms with Gasteiger partial charge in [-0.25, -0.2) is 0 Å². The van der Waals surface area contributed by atoms with E-state index in [-0.39, 0.29) is 18.4 Å². The second-order valence-electron chi connectivity index (χ2n) is 6.80. The highest BCUT2D eigenvalue weighted by molar-refractivity contribution is 5.95. The van der Waals surface area contributed by atoms with E-state index in [1.54, 1.807) is 0 Å². The van der Waals surface area contributed by atoms with Crippen molar-refractivity contribution in [1.82, 2.24) is 10.2 Å². The summed E-state index contributed by atoms with van der Waals surface area (Å²) in [7, 11) is 0. The lowest BCUT2D eigenvalue weighted by atomic mass is 10.00. The van der Waals surface area contributed by atoms with Crippen molar-refractivity contribution in [2.45, 2.75) is 26.8 Å². The Balaban J connectivity index is 1.46. The van der Waals surface area contributed by atoms with Gasteiger partial charge in [0.1, 0.15) is 0 Å². The van der Waals surface area contributed by atoms with E-state index in [0.717, 1.165) is 36.3 Å². The quantitative estimate of drug-likeness (QED) is 0.870. The van der Waals surface area contributed by atoms with Crippen molar-refractivity contribution in [3.05, 3.63) is 64.7 Å². The number of carbonyl (C=O) groups excluding carboxylic acids is 2. The van der Waals surface area contributed by atoms with Crippen LogP contribution in [-0.2, 0) is 22.6 Å². The minimum absolute atomic E-state index is 0.0172. The molecule has 0 spiro atoms. The summed E-state index contributed by atoms with van der Waals surface area (Å²) in [6.07, 6.45) is 0.955. The normalized spacial score (nSPS) is 13.8. The van der Waals surface area contributed by atoms with Crippen LogP contribution in [0.1, 0.15) is 22.3 Å². The molecule has 136 valence electrons. The average Bonchev–Trinajstić information content (AvgIpc) is 2.64. The van der Waals surface area contributed by atoms with Crippen LogP contribution in [0.2, 0.25) is 0 Å². The van der Waals surface area contributed by atoms with Gasteiger partial charge in [-0.2, -0.15) is 0 Å². The van der Waals surface area contributed by atoms with Crippen LogP contribution in [0.4, 0.5) is 5.69 Å². The molecular weight excluding hydrogens is 326 g/mol. The highest BCUT2D eigenvalue weighted by Gasteiger charge is 2.18. The molecule has 0 aliphatic carbocycles. The lowest BCUT2D eigenvalue weighted by Crippen LogP contribution is -2.42. The topological polar surface area (TPSA) is 61.4 Å². The lowest BCUT2D eigenvalue weighted by Gasteiger charge is -2.28. The van der Waals surface area contributed by atoms with E-state index in [9.17, 15) is 9.59 Å². The van der Waals surface area contributed by atoms with E-state index in [4.69, 9.17) is 0 Å². The fraction of sp³-hybridized carbons (Fsp3) is 0.333. The number of amides is 2. The monoisotopic (exact) mass is 351 g/mol. The molecular formula is C21H25N3O2. The van der Waals surface area contributed by atoms with Crippen LogP contribution in [-0.4, -0.2) is 36.3 Å². The van der Waals surface area contributed by atoms with Crippen LogP contribution in [0, 0.1) is 13.8 Å². The summed E-state index contributed by atoms with van der Waals surface area (Å²) in [5.74, 6) is -0.337. The Morgan fingerprint density at radius 3 is 2.58 bits per heavy atom. The SMILES string of the molecule is Cc1cccc(NC(=O)CNC(=O)CN2CCc3ccccc3C2)c1C.